The lowest BCUT2D eigenvalue weighted by atomic mass is 10.0. The van der Waals surface area contributed by atoms with Crippen LogP contribution in [0.5, 0.6) is 11.5 Å². The van der Waals surface area contributed by atoms with Crippen LogP contribution in [0, 0.1) is 0 Å². The molecule has 3 nitrogen and oxygen atoms in total. The van der Waals surface area contributed by atoms with Gasteiger partial charge in [0, 0.05) is 24.5 Å². The molecule has 0 amide bonds. The minimum absolute atomic E-state index is 0.0312. The molecule has 5 heteroatoms. The first-order chi connectivity index (χ1) is 8.29. The van der Waals surface area contributed by atoms with Gasteiger partial charge in [-0.05, 0) is 19.1 Å². The van der Waals surface area contributed by atoms with Crippen molar-refractivity contribution in [2.75, 3.05) is 14.2 Å². The Labute approximate surface area is 105 Å². The highest BCUT2D eigenvalue weighted by molar-refractivity contribution is 5.79. The van der Waals surface area contributed by atoms with Gasteiger partial charge in [-0.2, -0.15) is 0 Å². The maximum Gasteiger partial charge on any atom is 0.270 e. The van der Waals surface area contributed by atoms with E-state index in [4.69, 9.17) is 9.47 Å². The first-order valence-electron chi connectivity index (χ1n) is 5.42. The van der Waals surface area contributed by atoms with Crippen molar-refractivity contribution in [3.05, 3.63) is 23.3 Å². The van der Waals surface area contributed by atoms with Crippen LogP contribution in [0.1, 0.15) is 25.0 Å². The summed E-state index contributed by atoms with van der Waals surface area (Å²) in [7, 11) is 2.78. The number of hydrogen-bond donors (Lipinski definition) is 0. The average molecular weight is 258 g/mol. The third-order valence-electron chi connectivity index (χ3n) is 2.50. The van der Waals surface area contributed by atoms with Gasteiger partial charge in [-0.15, -0.1) is 0 Å². The Hall–Kier alpha value is -1.65. The molecule has 0 fully saturated rings. The number of rotatable bonds is 5. The minimum atomic E-state index is -2.99. The molecule has 0 heterocycles. The van der Waals surface area contributed by atoms with Gasteiger partial charge in [-0.25, -0.2) is 8.78 Å². The van der Waals surface area contributed by atoms with Gasteiger partial charge in [0.1, 0.15) is 5.78 Å². The number of methoxy groups -OCH3 is 2. The number of carbonyl (C=O) groups is 1. The lowest BCUT2D eigenvalue weighted by molar-refractivity contribution is -0.116. The number of Topliss-reactive ketones (excluding diaryl/α,β-unsaturated/α-hetero) is 1. The Morgan fingerprint density at radius 2 is 1.89 bits per heavy atom. The predicted molar refractivity (Wildman–Crippen MR) is 63.5 cm³/mol. The van der Waals surface area contributed by atoms with Crippen LogP contribution in [0.15, 0.2) is 12.1 Å². The molecule has 0 aliphatic rings. The highest BCUT2D eigenvalue weighted by atomic mass is 19.3. The molecule has 0 radical (unpaired) electrons. The Morgan fingerprint density at radius 3 is 2.28 bits per heavy atom. The second kappa shape index (κ2) is 5.33. The molecular weight excluding hydrogens is 242 g/mol. The molecule has 100 valence electrons. The Balaban J connectivity index is 3.40. The van der Waals surface area contributed by atoms with E-state index in [2.05, 4.69) is 0 Å². The number of carbonyl (C=O) groups excluding carboxylic acids is 1. The van der Waals surface area contributed by atoms with Gasteiger partial charge >= 0.3 is 0 Å². The summed E-state index contributed by atoms with van der Waals surface area (Å²) in [6, 6.07) is 2.51. The molecule has 0 N–H and O–H groups in total. The van der Waals surface area contributed by atoms with Crippen molar-refractivity contribution in [2.24, 2.45) is 0 Å². The van der Waals surface area contributed by atoms with Gasteiger partial charge in [0.15, 0.2) is 11.5 Å². The van der Waals surface area contributed by atoms with Crippen molar-refractivity contribution in [3.8, 4) is 11.5 Å². The van der Waals surface area contributed by atoms with E-state index in [0.29, 0.717) is 11.3 Å². The Morgan fingerprint density at radius 1 is 1.28 bits per heavy atom. The van der Waals surface area contributed by atoms with Crippen LogP contribution in [0.25, 0.3) is 0 Å². The van der Waals surface area contributed by atoms with Crippen molar-refractivity contribution in [1.82, 2.24) is 0 Å². The van der Waals surface area contributed by atoms with E-state index >= 15 is 0 Å². The molecule has 18 heavy (non-hydrogen) atoms. The molecule has 0 atom stereocenters. The van der Waals surface area contributed by atoms with E-state index in [-0.39, 0.29) is 23.5 Å². The monoisotopic (exact) mass is 258 g/mol. The first-order valence-corrected chi connectivity index (χ1v) is 5.42. The van der Waals surface area contributed by atoms with Crippen LogP contribution in [0.4, 0.5) is 8.78 Å². The van der Waals surface area contributed by atoms with Crippen LogP contribution < -0.4 is 9.47 Å². The minimum Gasteiger partial charge on any atom is -0.493 e. The summed E-state index contributed by atoms with van der Waals surface area (Å²) in [4.78, 5) is 11.2. The first kappa shape index (κ1) is 14.4. The lowest BCUT2D eigenvalue weighted by Crippen LogP contribution is -2.10. The molecule has 1 aromatic rings. The average Bonchev–Trinajstić information content (AvgIpc) is 2.25. The number of benzene rings is 1. The third kappa shape index (κ3) is 3.18. The number of halogens is 2. The molecular formula is C13H16F2O3. The van der Waals surface area contributed by atoms with Crippen molar-refractivity contribution in [1.29, 1.82) is 0 Å². The number of ketones is 1. The third-order valence-corrected chi connectivity index (χ3v) is 2.50. The normalized spacial score (nSPS) is 11.2. The zero-order valence-electron chi connectivity index (χ0n) is 10.8. The van der Waals surface area contributed by atoms with Gasteiger partial charge in [-0.3, -0.25) is 4.79 Å². The molecule has 0 spiro atoms. The van der Waals surface area contributed by atoms with Crippen molar-refractivity contribution >= 4 is 5.78 Å². The van der Waals surface area contributed by atoms with Gasteiger partial charge < -0.3 is 9.47 Å². The Kier molecular flexibility index (Phi) is 4.27. The zero-order valence-corrected chi connectivity index (χ0v) is 10.8. The fourth-order valence-corrected chi connectivity index (χ4v) is 1.70. The smallest absolute Gasteiger partial charge is 0.270 e. The molecule has 0 aromatic heterocycles. The van der Waals surface area contributed by atoms with E-state index in [9.17, 15) is 13.6 Å². The van der Waals surface area contributed by atoms with Gasteiger partial charge in [-0.1, -0.05) is 0 Å². The van der Waals surface area contributed by atoms with Gasteiger partial charge in [0.2, 0.25) is 0 Å². The second-order valence-electron chi connectivity index (χ2n) is 4.14. The highest BCUT2D eigenvalue weighted by Crippen LogP contribution is 2.38. The van der Waals surface area contributed by atoms with E-state index in [1.165, 1.54) is 33.3 Å². The van der Waals surface area contributed by atoms with Crippen molar-refractivity contribution < 1.29 is 23.0 Å². The van der Waals surface area contributed by atoms with Gasteiger partial charge in [0.25, 0.3) is 5.92 Å². The molecule has 0 saturated heterocycles. The second-order valence-corrected chi connectivity index (χ2v) is 4.14. The topological polar surface area (TPSA) is 35.5 Å². The number of hydrogen-bond acceptors (Lipinski definition) is 3. The maximum absolute atomic E-state index is 13.3. The summed E-state index contributed by atoms with van der Waals surface area (Å²) in [6.45, 7) is 2.19. The molecule has 0 aliphatic carbocycles. The summed E-state index contributed by atoms with van der Waals surface area (Å²) >= 11 is 0. The van der Waals surface area contributed by atoms with Crippen LogP contribution in [-0.2, 0) is 17.1 Å². The zero-order chi connectivity index (χ0) is 13.9. The largest absolute Gasteiger partial charge is 0.493 e. The standard InChI is InChI=1S/C13H16F2O3/c1-8(16)5-9-6-10(13(2,14)15)7-11(17-3)12(9)18-4/h6-7H,5H2,1-4H3. The lowest BCUT2D eigenvalue weighted by Gasteiger charge is -2.17. The predicted octanol–water partition coefficient (Wildman–Crippen LogP) is 2.95. The fourth-order valence-electron chi connectivity index (χ4n) is 1.70. The number of alkyl halides is 2. The molecule has 0 aliphatic heterocycles. The summed E-state index contributed by atoms with van der Waals surface area (Å²) in [6.07, 6.45) is 0.0312. The van der Waals surface area contributed by atoms with Crippen LogP contribution in [0.2, 0.25) is 0 Å². The van der Waals surface area contributed by atoms with Gasteiger partial charge in [0.05, 0.1) is 14.2 Å². The van der Waals surface area contributed by atoms with Crippen LogP contribution in [-0.4, -0.2) is 20.0 Å². The molecule has 1 aromatic carbocycles. The van der Waals surface area contributed by atoms with E-state index < -0.39 is 5.92 Å². The van der Waals surface area contributed by atoms with Crippen molar-refractivity contribution in [3.63, 3.8) is 0 Å². The van der Waals surface area contributed by atoms with Crippen LogP contribution >= 0.6 is 0 Å². The summed E-state index contributed by atoms with van der Waals surface area (Å²) in [5.41, 5.74) is 0.206. The van der Waals surface area contributed by atoms with Crippen LogP contribution in [0.3, 0.4) is 0 Å². The van der Waals surface area contributed by atoms with E-state index in [1.54, 1.807) is 0 Å². The molecule has 1 rings (SSSR count). The quantitative estimate of drug-likeness (QED) is 0.814. The number of ether oxygens (including phenoxy) is 2. The maximum atomic E-state index is 13.3. The van der Waals surface area contributed by atoms with E-state index in [1.807, 2.05) is 0 Å². The molecule has 0 unspecified atom stereocenters. The van der Waals surface area contributed by atoms with Crippen molar-refractivity contribution in [2.45, 2.75) is 26.2 Å². The Bertz CT molecular complexity index is 450. The molecule has 0 bridgehead atoms. The summed E-state index contributed by atoms with van der Waals surface area (Å²) in [5.74, 6) is -2.61. The fraction of sp³-hybridized carbons (Fsp3) is 0.462. The molecule has 0 saturated carbocycles. The highest BCUT2D eigenvalue weighted by Gasteiger charge is 2.27. The summed E-state index contributed by atoms with van der Waals surface area (Å²) < 4.78 is 36.8. The summed E-state index contributed by atoms with van der Waals surface area (Å²) in [5, 5.41) is 0. The SMILES string of the molecule is COc1cc(C(C)(F)F)cc(CC(C)=O)c1OC. The van der Waals surface area contributed by atoms with E-state index in [0.717, 1.165) is 6.92 Å².